The molecule has 6 heteroatoms. The van der Waals surface area contributed by atoms with Crippen molar-refractivity contribution in [3.8, 4) is 0 Å². The van der Waals surface area contributed by atoms with Crippen LogP contribution in [0.3, 0.4) is 0 Å². The molecule has 0 saturated heterocycles. The second-order valence-corrected chi connectivity index (χ2v) is 4.81. The molecule has 0 bridgehead atoms. The van der Waals surface area contributed by atoms with E-state index in [-0.39, 0.29) is 12.5 Å². The summed E-state index contributed by atoms with van der Waals surface area (Å²) >= 11 is 3.25. The molecule has 0 aliphatic heterocycles. The summed E-state index contributed by atoms with van der Waals surface area (Å²) in [5, 5.41) is 8.79. The van der Waals surface area contributed by atoms with Crippen LogP contribution in [-0.2, 0) is 4.79 Å². The molecule has 1 rings (SSSR count). The third-order valence-corrected chi connectivity index (χ3v) is 2.73. The van der Waals surface area contributed by atoms with Gasteiger partial charge in [-0.2, -0.15) is 0 Å². The molecule has 0 fully saturated rings. The lowest BCUT2D eigenvalue weighted by molar-refractivity contribution is -0.137. The van der Waals surface area contributed by atoms with Gasteiger partial charge < -0.3 is 15.7 Å². The summed E-state index contributed by atoms with van der Waals surface area (Å²) in [6.07, 6.45) is 0.697. The van der Waals surface area contributed by atoms with Crippen molar-refractivity contribution in [2.24, 2.45) is 0 Å². The Labute approximate surface area is 114 Å². The molecule has 0 aliphatic rings. The maximum absolute atomic E-state index is 12.2. The van der Waals surface area contributed by atoms with Gasteiger partial charge in [0.15, 0.2) is 0 Å². The normalized spacial score (nSPS) is 10.1. The van der Waals surface area contributed by atoms with Crippen LogP contribution in [0.5, 0.6) is 0 Å². The number of amides is 1. The molecule has 0 atom stereocenters. The number of halogens is 1. The summed E-state index contributed by atoms with van der Waals surface area (Å²) in [7, 11) is 0. The number of nitrogens with two attached hydrogens (primary N) is 1. The average molecular weight is 315 g/mol. The quantitative estimate of drug-likeness (QED) is 0.814. The molecule has 5 nitrogen and oxygen atoms in total. The van der Waals surface area contributed by atoms with E-state index >= 15 is 0 Å². The number of nitrogen functional groups attached to an aromatic ring is 1. The minimum absolute atomic E-state index is 0.306. The third-order valence-electron chi connectivity index (χ3n) is 2.27. The average Bonchev–Trinajstić information content (AvgIpc) is 2.25. The van der Waals surface area contributed by atoms with Gasteiger partial charge in [0.2, 0.25) is 0 Å². The Morgan fingerprint density at radius 1 is 1.39 bits per heavy atom. The van der Waals surface area contributed by atoms with Gasteiger partial charge in [0.05, 0.1) is 0 Å². The van der Waals surface area contributed by atoms with E-state index in [0.29, 0.717) is 28.7 Å². The second-order valence-electron chi connectivity index (χ2n) is 3.89. The molecular formula is C12H15BrN2O3. The molecule has 0 heterocycles. The molecule has 0 unspecified atom stereocenters. The fourth-order valence-corrected chi connectivity index (χ4v) is 2.11. The maximum atomic E-state index is 12.2. The first-order valence-corrected chi connectivity index (χ1v) is 6.30. The lowest BCUT2D eigenvalue weighted by Gasteiger charge is -2.20. The van der Waals surface area contributed by atoms with Crippen LogP contribution >= 0.6 is 15.9 Å². The van der Waals surface area contributed by atoms with Crippen molar-refractivity contribution in [1.29, 1.82) is 0 Å². The van der Waals surface area contributed by atoms with Crippen LogP contribution in [-0.4, -0.2) is 35.0 Å². The largest absolute Gasteiger partial charge is 0.480 e. The van der Waals surface area contributed by atoms with Crippen LogP contribution < -0.4 is 5.73 Å². The molecule has 1 aromatic carbocycles. The molecule has 0 aromatic heterocycles. The van der Waals surface area contributed by atoms with Crippen LogP contribution in [0.25, 0.3) is 0 Å². The standard InChI is InChI=1S/C12H15BrN2O3/c1-2-3-15(7-11(16)17)12(18)8-4-9(13)6-10(14)5-8/h4-6H,2-3,7,14H2,1H3,(H,16,17). The van der Waals surface area contributed by atoms with Gasteiger partial charge in [0.1, 0.15) is 6.54 Å². The van der Waals surface area contributed by atoms with Crippen molar-refractivity contribution in [2.45, 2.75) is 13.3 Å². The summed E-state index contributed by atoms with van der Waals surface area (Å²) < 4.78 is 0.692. The number of rotatable bonds is 5. The van der Waals surface area contributed by atoms with Crippen molar-refractivity contribution >= 4 is 33.5 Å². The molecule has 0 saturated carbocycles. The van der Waals surface area contributed by atoms with Gasteiger partial charge in [0, 0.05) is 22.3 Å². The minimum atomic E-state index is -1.03. The van der Waals surface area contributed by atoms with Crippen molar-refractivity contribution in [3.63, 3.8) is 0 Å². The van der Waals surface area contributed by atoms with Crippen molar-refractivity contribution < 1.29 is 14.7 Å². The van der Waals surface area contributed by atoms with E-state index in [4.69, 9.17) is 10.8 Å². The van der Waals surface area contributed by atoms with E-state index in [0.717, 1.165) is 0 Å². The van der Waals surface area contributed by atoms with E-state index in [1.54, 1.807) is 12.1 Å². The highest BCUT2D eigenvalue weighted by Crippen LogP contribution is 2.18. The number of nitrogens with zero attached hydrogens (tertiary/aromatic N) is 1. The lowest BCUT2D eigenvalue weighted by Crippen LogP contribution is -2.36. The van der Waals surface area contributed by atoms with Gasteiger partial charge in [-0.05, 0) is 24.6 Å². The molecule has 18 heavy (non-hydrogen) atoms. The number of carboxylic acids is 1. The lowest BCUT2D eigenvalue weighted by atomic mass is 10.1. The van der Waals surface area contributed by atoms with Gasteiger partial charge in [-0.15, -0.1) is 0 Å². The van der Waals surface area contributed by atoms with Crippen molar-refractivity contribution in [3.05, 3.63) is 28.2 Å². The molecule has 3 N–H and O–H groups in total. The molecule has 0 aliphatic carbocycles. The zero-order chi connectivity index (χ0) is 13.7. The first-order valence-electron chi connectivity index (χ1n) is 5.51. The van der Waals surface area contributed by atoms with Gasteiger partial charge in [-0.1, -0.05) is 22.9 Å². The molecular weight excluding hydrogens is 300 g/mol. The Kier molecular flexibility index (Phi) is 5.15. The maximum Gasteiger partial charge on any atom is 0.323 e. The zero-order valence-electron chi connectivity index (χ0n) is 10.0. The number of hydrogen-bond acceptors (Lipinski definition) is 3. The van der Waals surface area contributed by atoms with Gasteiger partial charge in [-0.25, -0.2) is 0 Å². The molecule has 0 spiro atoms. The van der Waals surface area contributed by atoms with Gasteiger partial charge in [-0.3, -0.25) is 9.59 Å². The molecule has 1 amide bonds. The second kappa shape index (κ2) is 6.39. The Balaban J connectivity index is 2.97. The smallest absolute Gasteiger partial charge is 0.323 e. The fourth-order valence-electron chi connectivity index (χ4n) is 1.60. The van der Waals surface area contributed by atoms with E-state index in [9.17, 15) is 9.59 Å². The van der Waals surface area contributed by atoms with Crippen LogP contribution in [0.1, 0.15) is 23.7 Å². The minimum Gasteiger partial charge on any atom is -0.480 e. The van der Waals surface area contributed by atoms with E-state index in [1.165, 1.54) is 11.0 Å². The Hall–Kier alpha value is -1.56. The first kappa shape index (κ1) is 14.5. The molecule has 1 aromatic rings. The highest BCUT2D eigenvalue weighted by Gasteiger charge is 2.18. The Morgan fingerprint density at radius 3 is 2.56 bits per heavy atom. The van der Waals surface area contributed by atoms with Crippen molar-refractivity contribution in [1.82, 2.24) is 4.90 Å². The van der Waals surface area contributed by atoms with Crippen LogP contribution in [0.4, 0.5) is 5.69 Å². The predicted octanol–water partition coefficient (Wildman–Crippen LogP) is 1.97. The number of aliphatic carboxylic acids is 1. The first-order chi connectivity index (χ1) is 8.43. The zero-order valence-corrected chi connectivity index (χ0v) is 11.6. The van der Waals surface area contributed by atoms with Crippen molar-refractivity contribution in [2.75, 3.05) is 18.8 Å². The summed E-state index contributed by atoms with van der Waals surface area (Å²) in [4.78, 5) is 24.2. The fraction of sp³-hybridized carbons (Fsp3) is 0.333. The van der Waals surface area contributed by atoms with Crippen LogP contribution in [0, 0.1) is 0 Å². The molecule has 0 radical (unpaired) electrons. The van der Waals surface area contributed by atoms with E-state index in [2.05, 4.69) is 15.9 Å². The summed E-state index contributed by atoms with van der Waals surface area (Å²) in [5.74, 6) is -1.35. The summed E-state index contributed by atoms with van der Waals surface area (Å²) in [6.45, 7) is 1.98. The van der Waals surface area contributed by atoms with Crippen LogP contribution in [0.15, 0.2) is 22.7 Å². The monoisotopic (exact) mass is 314 g/mol. The van der Waals surface area contributed by atoms with Crippen LogP contribution in [0.2, 0.25) is 0 Å². The van der Waals surface area contributed by atoms with E-state index in [1.807, 2.05) is 6.92 Å². The highest BCUT2D eigenvalue weighted by atomic mass is 79.9. The summed E-state index contributed by atoms with van der Waals surface area (Å²) in [6, 6.07) is 4.85. The van der Waals surface area contributed by atoms with Gasteiger partial charge in [0.25, 0.3) is 5.91 Å². The number of anilines is 1. The number of carbonyl (C=O) groups is 2. The number of carboxylic acid groups (broad SMARTS) is 1. The van der Waals surface area contributed by atoms with Gasteiger partial charge >= 0.3 is 5.97 Å². The predicted molar refractivity (Wildman–Crippen MR) is 72.4 cm³/mol. The Morgan fingerprint density at radius 2 is 2.06 bits per heavy atom. The SMILES string of the molecule is CCCN(CC(=O)O)C(=O)c1cc(N)cc(Br)c1. The third kappa shape index (κ3) is 4.03. The number of hydrogen-bond donors (Lipinski definition) is 2. The topological polar surface area (TPSA) is 83.6 Å². The number of benzene rings is 1. The number of carbonyl (C=O) groups excluding carboxylic acids is 1. The van der Waals surface area contributed by atoms with E-state index < -0.39 is 5.97 Å². The summed E-state index contributed by atoms with van der Waals surface area (Å²) in [5.41, 5.74) is 6.50. The highest BCUT2D eigenvalue weighted by molar-refractivity contribution is 9.10. The molecule has 98 valence electrons. The Bertz CT molecular complexity index is 442.